The lowest BCUT2D eigenvalue weighted by atomic mass is 9.73. The van der Waals surface area contributed by atoms with Gasteiger partial charge in [0.2, 0.25) is 0 Å². The van der Waals surface area contributed by atoms with Crippen molar-refractivity contribution in [1.29, 1.82) is 0 Å². The first-order chi connectivity index (χ1) is 5.56. The molecule has 1 nitrogen and oxygen atoms in total. The molecule has 0 spiro atoms. The van der Waals surface area contributed by atoms with Crippen molar-refractivity contribution in [2.24, 2.45) is 11.8 Å². The maximum absolute atomic E-state index is 10.1. The second kappa shape index (κ2) is 3.78. The second-order valence-electron chi connectivity index (χ2n) is 4.68. The second-order valence-corrected chi connectivity index (χ2v) is 4.68. The highest BCUT2D eigenvalue weighted by atomic mass is 16.3. The summed E-state index contributed by atoms with van der Waals surface area (Å²) in [7, 11) is 0. The van der Waals surface area contributed by atoms with Crippen molar-refractivity contribution < 1.29 is 5.11 Å². The lowest BCUT2D eigenvalue weighted by molar-refractivity contribution is -0.0271. The van der Waals surface area contributed by atoms with Crippen molar-refractivity contribution in [3.05, 3.63) is 0 Å². The van der Waals surface area contributed by atoms with E-state index in [1.807, 2.05) is 6.92 Å². The van der Waals surface area contributed by atoms with E-state index in [1.54, 1.807) is 0 Å². The summed E-state index contributed by atoms with van der Waals surface area (Å²) in [6, 6.07) is 0. The Morgan fingerprint density at radius 3 is 2.58 bits per heavy atom. The van der Waals surface area contributed by atoms with Crippen LogP contribution in [-0.4, -0.2) is 10.7 Å². The first-order valence-corrected chi connectivity index (χ1v) is 5.28. The SMILES string of the molecule is CCC(C)(O)C1CCCC(C)C1. The van der Waals surface area contributed by atoms with Crippen LogP contribution in [0.25, 0.3) is 0 Å². The van der Waals surface area contributed by atoms with E-state index in [4.69, 9.17) is 0 Å². The summed E-state index contributed by atoms with van der Waals surface area (Å²) in [6.07, 6.45) is 6.01. The number of rotatable bonds is 2. The zero-order chi connectivity index (χ0) is 9.19. The molecular formula is C11H22O. The van der Waals surface area contributed by atoms with Gasteiger partial charge in [-0.2, -0.15) is 0 Å². The summed E-state index contributed by atoms with van der Waals surface area (Å²) in [4.78, 5) is 0. The molecule has 1 heteroatoms. The molecule has 72 valence electrons. The van der Waals surface area contributed by atoms with Crippen LogP contribution in [0.3, 0.4) is 0 Å². The average Bonchev–Trinajstić information content (AvgIpc) is 2.05. The van der Waals surface area contributed by atoms with E-state index in [0.29, 0.717) is 5.92 Å². The van der Waals surface area contributed by atoms with Crippen LogP contribution in [0.4, 0.5) is 0 Å². The van der Waals surface area contributed by atoms with Gasteiger partial charge in [0.1, 0.15) is 0 Å². The number of aliphatic hydroxyl groups is 1. The summed E-state index contributed by atoms with van der Waals surface area (Å²) >= 11 is 0. The smallest absolute Gasteiger partial charge is 0.0645 e. The highest BCUT2D eigenvalue weighted by Crippen LogP contribution is 2.36. The monoisotopic (exact) mass is 170 g/mol. The molecule has 0 heterocycles. The first-order valence-electron chi connectivity index (χ1n) is 5.28. The van der Waals surface area contributed by atoms with Crippen LogP contribution in [0, 0.1) is 11.8 Å². The molecule has 0 saturated heterocycles. The van der Waals surface area contributed by atoms with Crippen molar-refractivity contribution >= 4 is 0 Å². The van der Waals surface area contributed by atoms with Crippen LogP contribution in [0.1, 0.15) is 52.9 Å². The van der Waals surface area contributed by atoms with Gasteiger partial charge in [0.15, 0.2) is 0 Å². The molecule has 1 N–H and O–H groups in total. The van der Waals surface area contributed by atoms with Crippen LogP contribution in [0.15, 0.2) is 0 Å². The van der Waals surface area contributed by atoms with Crippen LogP contribution >= 0.6 is 0 Å². The van der Waals surface area contributed by atoms with Gasteiger partial charge in [0.25, 0.3) is 0 Å². The van der Waals surface area contributed by atoms with Gasteiger partial charge in [-0.15, -0.1) is 0 Å². The van der Waals surface area contributed by atoms with Gasteiger partial charge in [0, 0.05) is 0 Å². The molecule has 0 aromatic carbocycles. The average molecular weight is 170 g/mol. The molecule has 0 aliphatic heterocycles. The van der Waals surface area contributed by atoms with E-state index in [2.05, 4.69) is 13.8 Å². The molecule has 3 unspecified atom stereocenters. The molecule has 1 fully saturated rings. The van der Waals surface area contributed by atoms with Crippen LogP contribution in [0.5, 0.6) is 0 Å². The maximum atomic E-state index is 10.1. The molecule has 1 rings (SSSR count). The number of hydrogen-bond donors (Lipinski definition) is 1. The lowest BCUT2D eigenvalue weighted by Crippen LogP contribution is -2.36. The third-order valence-electron chi connectivity index (χ3n) is 3.53. The first kappa shape index (κ1) is 10.0. The lowest BCUT2D eigenvalue weighted by Gasteiger charge is -2.37. The van der Waals surface area contributed by atoms with Crippen LogP contribution in [0.2, 0.25) is 0 Å². The minimum absolute atomic E-state index is 0.408. The topological polar surface area (TPSA) is 20.2 Å². The quantitative estimate of drug-likeness (QED) is 0.675. The molecule has 1 saturated carbocycles. The zero-order valence-corrected chi connectivity index (χ0v) is 8.64. The minimum atomic E-state index is -0.408. The van der Waals surface area contributed by atoms with Gasteiger partial charge in [-0.1, -0.05) is 26.7 Å². The number of hydrogen-bond acceptors (Lipinski definition) is 1. The highest BCUT2D eigenvalue weighted by Gasteiger charge is 2.32. The fraction of sp³-hybridized carbons (Fsp3) is 1.00. The van der Waals surface area contributed by atoms with Crippen LogP contribution < -0.4 is 0 Å². The fourth-order valence-electron chi connectivity index (χ4n) is 2.29. The van der Waals surface area contributed by atoms with Gasteiger partial charge in [-0.25, -0.2) is 0 Å². The van der Waals surface area contributed by atoms with Crippen molar-refractivity contribution in [3.63, 3.8) is 0 Å². The summed E-state index contributed by atoms with van der Waals surface area (Å²) < 4.78 is 0. The third kappa shape index (κ3) is 2.22. The Labute approximate surface area is 76.2 Å². The predicted molar refractivity (Wildman–Crippen MR) is 52.0 cm³/mol. The van der Waals surface area contributed by atoms with E-state index >= 15 is 0 Å². The zero-order valence-electron chi connectivity index (χ0n) is 8.64. The normalized spacial score (nSPS) is 36.0. The molecular weight excluding hydrogens is 148 g/mol. The minimum Gasteiger partial charge on any atom is -0.390 e. The van der Waals surface area contributed by atoms with Crippen molar-refractivity contribution in [1.82, 2.24) is 0 Å². The van der Waals surface area contributed by atoms with Gasteiger partial charge in [-0.3, -0.25) is 0 Å². The fourth-order valence-corrected chi connectivity index (χ4v) is 2.29. The van der Waals surface area contributed by atoms with E-state index in [1.165, 1.54) is 25.7 Å². The van der Waals surface area contributed by atoms with Crippen molar-refractivity contribution in [2.75, 3.05) is 0 Å². The van der Waals surface area contributed by atoms with Crippen LogP contribution in [-0.2, 0) is 0 Å². The molecule has 0 aromatic heterocycles. The molecule has 0 amide bonds. The summed E-state index contributed by atoms with van der Waals surface area (Å²) in [6.45, 7) is 6.38. The Morgan fingerprint density at radius 2 is 2.08 bits per heavy atom. The van der Waals surface area contributed by atoms with E-state index in [0.717, 1.165) is 12.3 Å². The molecule has 0 bridgehead atoms. The summed E-state index contributed by atoms with van der Waals surface area (Å²) in [5.41, 5.74) is -0.408. The third-order valence-corrected chi connectivity index (χ3v) is 3.53. The largest absolute Gasteiger partial charge is 0.390 e. The summed E-state index contributed by atoms with van der Waals surface area (Å²) in [5, 5.41) is 10.1. The Hall–Kier alpha value is -0.0400. The van der Waals surface area contributed by atoms with Crippen molar-refractivity contribution in [2.45, 2.75) is 58.5 Å². The molecule has 0 aromatic rings. The molecule has 3 atom stereocenters. The van der Waals surface area contributed by atoms with E-state index in [9.17, 15) is 5.11 Å². The molecule has 1 aliphatic carbocycles. The van der Waals surface area contributed by atoms with E-state index in [-0.39, 0.29) is 0 Å². The van der Waals surface area contributed by atoms with Gasteiger partial charge in [0.05, 0.1) is 5.60 Å². The Balaban J connectivity index is 2.50. The Bertz CT molecular complexity index is 140. The predicted octanol–water partition coefficient (Wildman–Crippen LogP) is 2.97. The Kier molecular flexibility index (Phi) is 3.16. The summed E-state index contributed by atoms with van der Waals surface area (Å²) in [5.74, 6) is 1.37. The van der Waals surface area contributed by atoms with Gasteiger partial charge < -0.3 is 5.11 Å². The van der Waals surface area contributed by atoms with E-state index < -0.39 is 5.60 Å². The standard InChI is InChI=1S/C11H22O/c1-4-11(3,12)10-7-5-6-9(2)8-10/h9-10,12H,4-8H2,1-3H3. The molecule has 1 aliphatic rings. The van der Waals surface area contributed by atoms with Crippen molar-refractivity contribution in [3.8, 4) is 0 Å². The van der Waals surface area contributed by atoms with Gasteiger partial charge >= 0.3 is 0 Å². The van der Waals surface area contributed by atoms with Gasteiger partial charge in [-0.05, 0) is 38.0 Å². The highest BCUT2D eigenvalue weighted by molar-refractivity contribution is 4.84. The Morgan fingerprint density at radius 1 is 1.42 bits per heavy atom. The maximum Gasteiger partial charge on any atom is 0.0645 e. The molecule has 12 heavy (non-hydrogen) atoms. The molecule has 0 radical (unpaired) electrons.